The first-order valence-corrected chi connectivity index (χ1v) is 9.05. The Morgan fingerprint density at radius 2 is 1.62 bits per heavy atom. The lowest BCUT2D eigenvalue weighted by Gasteiger charge is -2.15. The number of alkyl halides is 5. The maximum Gasteiger partial charge on any atom is 0.416 e. The van der Waals surface area contributed by atoms with Gasteiger partial charge >= 0.3 is 6.18 Å². The summed E-state index contributed by atoms with van der Waals surface area (Å²) in [6.45, 7) is 0. The molecular formula is C16H7BrCl4F3NO. The molecule has 0 N–H and O–H groups in total. The van der Waals surface area contributed by atoms with Gasteiger partial charge in [0.05, 0.1) is 21.7 Å². The van der Waals surface area contributed by atoms with Crippen LogP contribution in [0.4, 0.5) is 13.2 Å². The summed E-state index contributed by atoms with van der Waals surface area (Å²) in [6.07, 6.45) is -4.54. The second kappa shape index (κ2) is 8.04. The Bertz CT molecular complexity index is 858. The molecule has 26 heavy (non-hydrogen) atoms. The molecule has 2 aromatic carbocycles. The van der Waals surface area contributed by atoms with Crippen molar-refractivity contribution >= 4 is 62.3 Å². The summed E-state index contributed by atoms with van der Waals surface area (Å²) in [5.41, 5.74) is -0.506. The molecule has 0 radical (unpaired) electrons. The molecule has 0 aliphatic rings. The van der Waals surface area contributed by atoms with Gasteiger partial charge in [-0.15, -0.1) is 0 Å². The summed E-state index contributed by atoms with van der Waals surface area (Å²) in [5.74, 6) is 0.0803. The van der Waals surface area contributed by atoms with Crippen molar-refractivity contribution in [3.8, 4) is 17.6 Å². The minimum Gasteiger partial charge on any atom is -0.454 e. The highest BCUT2D eigenvalue weighted by Gasteiger charge is 2.32. The van der Waals surface area contributed by atoms with Crippen LogP contribution in [0.25, 0.3) is 0 Å². The van der Waals surface area contributed by atoms with Crippen LogP contribution in [0.3, 0.4) is 0 Å². The number of nitriles is 1. The summed E-state index contributed by atoms with van der Waals surface area (Å²) in [7, 11) is 0. The van der Waals surface area contributed by atoms with Crippen LogP contribution in [0.1, 0.15) is 11.1 Å². The zero-order valence-electron chi connectivity index (χ0n) is 12.5. The second-order valence-corrected chi connectivity index (χ2v) is 8.79. The van der Waals surface area contributed by atoms with E-state index >= 15 is 0 Å². The highest BCUT2D eigenvalue weighted by atomic mass is 79.9. The second-order valence-electron chi connectivity index (χ2n) is 5.12. The molecule has 1 atom stereocenters. The van der Waals surface area contributed by atoms with Crippen molar-refractivity contribution in [2.45, 2.75) is 16.4 Å². The lowest BCUT2D eigenvalue weighted by Crippen LogP contribution is -2.12. The number of hydrogen-bond acceptors (Lipinski definition) is 2. The van der Waals surface area contributed by atoms with Crippen molar-refractivity contribution in [1.29, 1.82) is 5.26 Å². The Hall–Kier alpha value is -0.840. The maximum atomic E-state index is 12.8. The number of nitrogens with zero attached hydrogens (tertiary/aromatic N) is 1. The fourth-order valence-electron chi connectivity index (χ4n) is 1.97. The van der Waals surface area contributed by atoms with Gasteiger partial charge in [-0.25, -0.2) is 0 Å². The van der Waals surface area contributed by atoms with Crippen molar-refractivity contribution < 1.29 is 17.9 Å². The molecule has 0 aliphatic heterocycles. The zero-order valence-corrected chi connectivity index (χ0v) is 17.1. The third-order valence-electron chi connectivity index (χ3n) is 3.14. The average molecular weight is 508 g/mol. The largest absolute Gasteiger partial charge is 0.454 e. The molecule has 0 saturated carbocycles. The Morgan fingerprint density at radius 1 is 1.04 bits per heavy atom. The van der Waals surface area contributed by atoms with Gasteiger partial charge < -0.3 is 4.74 Å². The first-order valence-electron chi connectivity index (χ1n) is 6.74. The van der Waals surface area contributed by atoms with Gasteiger partial charge in [0, 0.05) is 11.4 Å². The van der Waals surface area contributed by atoms with Crippen LogP contribution in [-0.2, 0) is 12.6 Å². The minimum absolute atomic E-state index is 0.0512. The van der Waals surface area contributed by atoms with Crippen molar-refractivity contribution in [1.82, 2.24) is 0 Å². The SMILES string of the molecule is N#CC(Cl)(Br)Cc1cc(Oc2c(Cl)cc(C(F)(F)F)cc2Cl)ccc1Cl. The van der Waals surface area contributed by atoms with E-state index in [1.54, 1.807) is 0 Å². The van der Waals surface area contributed by atoms with Crippen molar-refractivity contribution in [2.24, 2.45) is 0 Å². The predicted octanol–water partition coefficient (Wildman–Crippen LogP) is 7.85. The summed E-state index contributed by atoms with van der Waals surface area (Å²) in [6, 6.07) is 7.76. The summed E-state index contributed by atoms with van der Waals surface area (Å²) >= 11 is 26.8. The number of hydrogen-bond donors (Lipinski definition) is 0. The highest BCUT2D eigenvalue weighted by Crippen LogP contribution is 2.42. The van der Waals surface area contributed by atoms with Gasteiger partial charge in [-0.1, -0.05) is 62.3 Å². The third kappa shape index (κ3) is 5.34. The van der Waals surface area contributed by atoms with Gasteiger partial charge in [-0.05, 0) is 35.9 Å². The molecule has 2 aromatic rings. The number of halogens is 8. The van der Waals surface area contributed by atoms with Gasteiger partial charge in [-0.3, -0.25) is 0 Å². The molecule has 0 aliphatic carbocycles. The van der Waals surface area contributed by atoms with E-state index in [1.807, 2.05) is 6.07 Å². The lowest BCUT2D eigenvalue weighted by atomic mass is 10.1. The average Bonchev–Trinajstić information content (AvgIpc) is 2.52. The molecule has 2 nitrogen and oxygen atoms in total. The molecule has 0 bridgehead atoms. The first-order chi connectivity index (χ1) is 11.9. The molecule has 138 valence electrons. The molecule has 0 heterocycles. The quantitative estimate of drug-likeness (QED) is 0.395. The van der Waals surface area contributed by atoms with Gasteiger partial charge in [0.2, 0.25) is 0 Å². The van der Waals surface area contributed by atoms with Gasteiger partial charge in [-0.2, -0.15) is 18.4 Å². The Labute approximate surface area is 175 Å². The van der Waals surface area contributed by atoms with E-state index in [9.17, 15) is 13.2 Å². The fraction of sp³-hybridized carbons (Fsp3) is 0.188. The van der Waals surface area contributed by atoms with Crippen molar-refractivity contribution in [3.05, 3.63) is 56.5 Å². The van der Waals surface area contributed by atoms with Crippen LogP contribution in [0, 0.1) is 11.3 Å². The van der Waals surface area contributed by atoms with E-state index in [1.165, 1.54) is 18.2 Å². The van der Waals surface area contributed by atoms with Gasteiger partial charge in [0.25, 0.3) is 0 Å². The first kappa shape index (κ1) is 21.5. The Kier molecular flexibility index (Phi) is 6.63. The van der Waals surface area contributed by atoms with Gasteiger partial charge in [0.15, 0.2) is 9.53 Å². The maximum absolute atomic E-state index is 12.8. The summed E-state index contributed by atoms with van der Waals surface area (Å²) in [5, 5.41) is 8.72. The number of rotatable bonds is 4. The van der Waals surface area contributed by atoms with Gasteiger partial charge in [0.1, 0.15) is 5.75 Å². The van der Waals surface area contributed by atoms with E-state index in [2.05, 4.69) is 15.9 Å². The van der Waals surface area contributed by atoms with E-state index in [-0.39, 0.29) is 28.0 Å². The number of benzene rings is 2. The van der Waals surface area contributed by atoms with E-state index in [0.29, 0.717) is 10.6 Å². The van der Waals surface area contributed by atoms with Crippen molar-refractivity contribution in [3.63, 3.8) is 0 Å². The van der Waals surface area contributed by atoms with Crippen LogP contribution in [0.5, 0.6) is 11.5 Å². The third-order valence-corrected chi connectivity index (χ3v) is 4.74. The number of ether oxygens (including phenoxy) is 1. The molecule has 0 aromatic heterocycles. The topological polar surface area (TPSA) is 33.0 Å². The standard InChI is InChI=1S/C16H7BrCl4F3NO/c17-15(21,7-25)6-8-3-10(1-2-11(8)18)26-14-12(19)4-9(5-13(14)20)16(22,23)24/h1-5H,6H2. The monoisotopic (exact) mass is 505 g/mol. The van der Waals surface area contributed by atoms with E-state index in [0.717, 1.165) is 12.1 Å². The van der Waals surface area contributed by atoms with Crippen LogP contribution in [-0.4, -0.2) is 3.78 Å². The van der Waals surface area contributed by atoms with Crippen molar-refractivity contribution in [2.75, 3.05) is 0 Å². The van der Waals surface area contributed by atoms with Crippen LogP contribution in [0.15, 0.2) is 30.3 Å². The summed E-state index contributed by atoms with van der Waals surface area (Å²) < 4.78 is 42.5. The van der Waals surface area contributed by atoms with Crippen LogP contribution in [0.2, 0.25) is 15.1 Å². The molecule has 0 fully saturated rings. The molecule has 2 rings (SSSR count). The predicted molar refractivity (Wildman–Crippen MR) is 99.8 cm³/mol. The summed E-state index contributed by atoms with van der Waals surface area (Å²) in [4.78, 5) is 0. The highest BCUT2D eigenvalue weighted by molar-refractivity contribution is 9.10. The Morgan fingerprint density at radius 3 is 2.12 bits per heavy atom. The normalized spacial score (nSPS) is 13.8. The fourth-order valence-corrected chi connectivity index (χ4v) is 3.16. The molecular weight excluding hydrogens is 501 g/mol. The molecule has 10 heteroatoms. The van der Waals surface area contributed by atoms with E-state index in [4.69, 9.17) is 56.4 Å². The van der Waals surface area contributed by atoms with Crippen LogP contribution < -0.4 is 4.74 Å². The lowest BCUT2D eigenvalue weighted by molar-refractivity contribution is -0.137. The molecule has 0 amide bonds. The Balaban J connectivity index is 2.37. The smallest absolute Gasteiger partial charge is 0.416 e. The molecule has 0 saturated heterocycles. The van der Waals surface area contributed by atoms with E-state index < -0.39 is 15.5 Å². The minimum atomic E-state index is -4.59. The zero-order chi connectivity index (χ0) is 19.7. The molecule has 0 spiro atoms. The van der Waals surface area contributed by atoms with Crippen LogP contribution >= 0.6 is 62.3 Å². The molecule has 1 unspecified atom stereocenters.